The second kappa shape index (κ2) is 5.79. The first-order valence-corrected chi connectivity index (χ1v) is 6.51. The molecule has 0 saturated carbocycles. The Bertz CT molecular complexity index is 587. The van der Waals surface area contributed by atoms with Crippen LogP contribution in [-0.2, 0) is 13.0 Å². The standard InChI is InChI=1S/C15H16N2O3/c16-4-1-12-7-14-15(20-10-19-14)8-13(12)18-9-11-2-5-17-6-3-11/h2-3,5-8H,1,4,9-10,16H2. The smallest absolute Gasteiger partial charge is 0.231 e. The molecule has 1 aromatic heterocycles. The molecular formula is C15H16N2O3. The van der Waals surface area contributed by atoms with Crippen LogP contribution in [0.5, 0.6) is 17.2 Å². The number of aromatic nitrogens is 1. The van der Waals surface area contributed by atoms with Crippen molar-refractivity contribution >= 4 is 0 Å². The van der Waals surface area contributed by atoms with Crippen molar-refractivity contribution < 1.29 is 14.2 Å². The quantitative estimate of drug-likeness (QED) is 0.900. The van der Waals surface area contributed by atoms with Crippen LogP contribution in [0.1, 0.15) is 11.1 Å². The number of ether oxygens (including phenoxy) is 3. The number of hydrogen-bond acceptors (Lipinski definition) is 5. The number of nitrogens with two attached hydrogens (primary N) is 1. The maximum Gasteiger partial charge on any atom is 0.231 e. The van der Waals surface area contributed by atoms with Crippen LogP contribution in [-0.4, -0.2) is 18.3 Å². The second-order valence-corrected chi connectivity index (χ2v) is 4.50. The lowest BCUT2D eigenvalue weighted by Crippen LogP contribution is -2.05. The Labute approximate surface area is 117 Å². The van der Waals surface area contributed by atoms with Gasteiger partial charge in [0.15, 0.2) is 11.5 Å². The lowest BCUT2D eigenvalue weighted by molar-refractivity contribution is 0.173. The molecule has 2 N–H and O–H groups in total. The summed E-state index contributed by atoms with van der Waals surface area (Å²) in [5.74, 6) is 2.26. The average Bonchev–Trinajstić information content (AvgIpc) is 2.93. The summed E-state index contributed by atoms with van der Waals surface area (Å²) < 4.78 is 16.6. The van der Waals surface area contributed by atoms with E-state index in [1.54, 1.807) is 12.4 Å². The number of hydrogen-bond donors (Lipinski definition) is 1. The molecule has 0 atom stereocenters. The second-order valence-electron chi connectivity index (χ2n) is 4.50. The van der Waals surface area contributed by atoms with Crippen molar-refractivity contribution in [1.29, 1.82) is 0 Å². The van der Waals surface area contributed by atoms with Gasteiger partial charge in [0.1, 0.15) is 12.4 Å². The van der Waals surface area contributed by atoms with Gasteiger partial charge < -0.3 is 19.9 Å². The van der Waals surface area contributed by atoms with Crippen molar-refractivity contribution in [3.05, 3.63) is 47.8 Å². The Hall–Kier alpha value is -2.27. The summed E-state index contributed by atoms with van der Waals surface area (Å²) in [5, 5.41) is 0. The predicted octanol–water partition coefficient (Wildman–Crippen LogP) is 1.89. The van der Waals surface area contributed by atoms with E-state index >= 15 is 0 Å². The van der Waals surface area contributed by atoms with Gasteiger partial charge in [-0.05, 0) is 42.3 Å². The molecule has 3 rings (SSSR count). The molecule has 0 aliphatic carbocycles. The average molecular weight is 272 g/mol. The molecule has 104 valence electrons. The fourth-order valence-electron chi connectivity index (χ4n) is 2.09. The van der Waals surface area contributed by atoms with Crippen LogP contribution in [0.15, 0.2) is 36.7 Å². The highest BCUT2D eigenvalue weighted by molar-refractivity contribution is 5.52. The summed E-state index contributed by atoms with van der Waals surface area (Å²) in [6.07, 6.45) is 4.24. The van der Waals surface area contributed by atoms with Gasteiger partial charge in [-0.25, -0.2) is 0 Å². The van der Waals surface area contributed by atoms with Gasteiger partial charge in [-0.15, -0.1) is 0 Å². The first-order chi connectivity index (χ1) is 9.86. The minimum Gasteiger partial charge on any atom is -0.488 e. The van der Waals surface area contributed by atoms with E-state index in [0.29, 0.717) is 13.2 Å². The zero-order valence-electron chi connectivity index (χ0n) is 11.0. The molecule has 0 amide bonds. The van der Waals surface area contributed by atoms with E-state index in [1.165, 1.54) is 0 Å². The Kier molecular flexibility index (Phi) is 3.69. The summed E-state index contributed by atoms with van der Waals surface area (Å²) in [7, 11) is 0. The molecule has 2 heterocycles. The number of nitrogens with zero attached hydrogens (tertiary/aromatic N) is 1. The monoisotopic (exact) mass is 272 g/mol. The largest absolute Gasteiger partial charge is 0.488 e. The van der Waals surface area contributed by atoms with Gasteiger partial charge >= 0.3 is 0 Å². The normalized spacial score (nSPS) is 12.4. The minimum atomic E-state index is 0.255. The summed E-state index contributed by atoms with van der Waals surface area (Å²) >= 11 is 0. The predicted molar refractivity (Wildman–Crippen MR) is 73.9 cm³/mol. The third kappa shape index (κ3) is 2.67. The van der Waals surface area contributed by atoms with Crippen LogP contribution >= 0.6 is 0 Å². The number of benzene rings is 1. The molecule has 5 nitrogen and oxygen atoms in total. The summed E-state index contributed by atoms with van der Waals surface area (Å²) in [6, 6.07) is 7.66. The highest BCUT2D eigenvalue weighted by Crippen LogP contribution is 2.38. The SMILES string of the molecule is NCCc1cc2c(cc1OCc1ccncc1)OCO2. The van der Waals surface area contributed by atoms with E-state index in [4.69, 9.17) is 19.9 Å². The van der Waals surface area contributed by atoms with Gasteiger partial charge in [-0.2, -0.15) is 0 Å². The zero-order valence-corrected chi connectivity index (χ0v) is 11.0. The molecule has 1 aliphatic heterocycles. The third-order valence-electron chi connectivity index (χ3n) is 3.11. The van der Waals surface area contributed by atoms with Crippen LogP contribution < -0.4 is 19.9 Å². The minimum absolute atomic E-state index is 0.255. The van der Waals surface area contributed by atoms with Crippen molar-refractivity contribution in [2.75, 3.05) is 13.3 Å². The van der Waals surface area contributed by atoms with Gasteiger partial charge in [0.2, 0.25) is 6.79 Å². The van der Waals surface area contributed by atoms with Crippen LogP contribution in [0.3, 0.4) is 0 Å². The molecule has 0 unspecified atom stereocenters. The highest BCUT2D eigenvalue weighted by atomic mass is 16.7. The van der Waals surface area contributed by atoms with Crippen molar-refractivity contribution in [3.63, 3.8) is 0 Å². The molecular weight excluding hydrogens is 256 g/mol. The Morgan fingerprint density at radius 3 is 2.65 bits per heavy atom. The van der Waals surface area contributed by atoms with Gasteiger partial charge in [-0.1, -0.05) is 0 Å². The molecule has 1 aliphatic rings. The molecule has 0 saturated heterocycles. The van der Waals surface area contributed by atoms with Gasteiger partial charge in [-0.3, -0.25) is 4.98 Å². The van der Waals surface area contributed by atoms with Crippen LogP contribution in [0.4, 0.5) is 0 Å². The molecule has 1 aromatic carbocycles. The van der Waals surface area contributed by atoms with E-state index in [2.05, 4.69) is 4.98 Å². The maximum atomic E-state index is 5.88. The Balaban J connectivity index is 1.80. The Morgan fingerprint density at radius 1 is 1.15 bits per heavy atom. The number of pyridine rings is 1. The molecule has 0 fully saturated rings. The van der Waals surface area contributed by atoms with E-state index < -0.39 is 0 Å². The molecule has 0 radical (unpaired) electrons. The van der Waals surface area contributed by atoms with E-state index in [1.807, 2.05) is 24.3 Å². The number of rotatable bonds is 5. The van der Waals surface area contributed by atoms with Crippen LogP contribution in [0.2, 0.25) is 0 Å². The zero-order chi connectivity index (χ0) is 13.8. The summed E-state index contributed by atoms with van der Waals surface area (Å²) in [6.45, 7) is 1.30. The molecule has 2 aromatic rings. The molecule has 5 heteroatoms. The molecule has 20 heavy (non-hydrogen) atoms. The summed E-state index contributed by atoms with van der Waals surface area (Å²) in [4.78, 5) is 3.99. The van der Waals surface area contributed by atoms with Crippen molar-refractivity contribution in [3.8, 4) is 17.2 Å². The molecule has 0 bridgehead atoms. The fraction of sp³-hybridized carbons (Fsp3) is 0.267. The van der Waals surface area contributed by atoms with Crippen molar-refractivity contribution in [2.45, 2.75) is 13.0 Å². The first-order valence-electron chi connectivity index (χ1n) is 6.51. The van der Waals surface area contributed by atoms with E-state index in [0.717, 1.165) is 34.8 Å². The molecule has 0 spiro atoms. The maximum absolute atomic E-state index is 5.88. The van der Waals surface area contributed by atoms with Crippen molar-refractivity contribution in [2.24, 2.45) is 5.73 Å². The topological polar surface area (TPSA) is 66.6 Å². The highest BCUT2D eigenvalue weighted by Gasteiger charge is 2.17. The van der Waals surface area contributed by atoms with E-state index in [-0.39, 0.29) is 6.79 Å². The lowest BCUT2D eigenvalue weighted by Gasteiger charge is -2.12. The van der Waals surface area contributed by atoms with Gasteiger partial charge in [0, 0.05) is 18.5 Å². The van der Waals surface area contributed by atoms with Crippen molar-refractivity contribution in [1.82, 2.24) is 4.98 Å². The summed E-state index contributed by atoms with van der Waals surface area (Å²) in [5.41, 5.74) is 7.75. The lowest BCUT2D eigenvalue weighted by atomic mass is 10.1. The fourth-order valence-corrected chi connectivity index (χ4v) is 2.09. The van der Waals surface area contributed by atoms with Crippen LogP contribution in [0.25, 0.3) is 0 Å². The van der Waals surface area contributed by atoms with Crippen LogP contribution in [0, 0.1) is 0 Å². The van der Waals surface area contributed by atoms with E-state index in [9.17, 15) is 0 Å². The van der Waals surface area contributed by atoms with Gasteiger partial charge in [0.05, 0.1) is 0 Å². The number of fused-ring (bicyclic) bond motifs is 1. The van der Waals surface area contributed by atoms with Gasteiger partial charge in [0.25, 0.3) is 0 Å². The first kappa shape index (κ1) is 12.7. The Morgan fingerprint density at radius 2 is 1.90 bits per heavy atom. The third-order valence-corrected chi connectivity index (χ3v) is 3.11.